The molecule has 0 aliphatic carbocycles. The minimum atomic E-state index is 0.557. The number of rotatable bonds is 4. The second kappa shape index (κ2) is 5.38. The minimum Gasteiger partial charge on any atom is -0.333 e. The van der Waals surface area contributed by atoms with Crippen LogP contribution in [0, 0.1) is 0 Å². The first-order valence-electron chi connectivity index (χ1n) is 7.18. The van der Waals surface area contributed by atoms with Crippen molar-refractivity contribution in [1.82, 2.24) is 19.7 Å². The molecule has 0 saturated carbocycles. The van der Waals surface area contributed by atoms with Crippen LogP contribution in [0.3, 0.4) is 0 Å². The lowest BCUT2D eigenvalue weighted by Gasteiger charge is -2.01. The van der Waals surface area contributed by atoms with Gasteiger partial charge < -0.3 is 9.09 Å². The fourth-order valence-electron chi connectivity index (χ4n) is 2.46. The number of fused-ring (bicyclic) bond motifs is 1. The summed E-state index contributed by atoms with van der Waals surface area (Å²) in [5.74, 6) is 1.15. The zero-order valence-electron chi connectivity index (χ0n) is 12.1. The summed E-state index contributed by atoms with van der Waals surface area (Å²) in [7, 11) is 0. The third kappa shape index (κ3) is 2.21. The van der Waals surface area contributed by atoms with Crippen molar-refractivity contribution in [3.8, 4) is 22.2 Å². The van der Waals surface area contributed by atoms with Gasteiger partial charge in [0.2, 0.25) is 5.82 Å². The Hall–Kier alpha value is -2.47. The Morgan fingerprint density at radius 3 is 3.05 bits per heavy atom. The Morgan fingerprint density at radius 1 is 1.27 bits per heavy atom. The maximum absolute atomic E-state index is 5.34. The van der Waals surface area contributed by atoms with Gasteiger partial charge in [-0.1, -0.05) is 18.1 Å². The van der Waals surface area contributed by atoms with E-state index in [1.807, 2.05) is 36.0 Å². The highest BCUT2D eigenvalue weighted by Gasteiger charge is 2.12. The summed E-state index contributed by atoms with van der Waals surface area (Å²) in [6, 6.07) is 10.0. The van der Waals surface area contributed by atoms with Crippen molar-refractivity contribution in [3.63, 3.8) is 0 Å². The molecule has 0 fully saturated rings. The van der Waals surface area contributed by atoms with Crippen molar-refractivity contribution in [1.29, 1.82) is 0 Å². The van der Waals surface area contributed by atoms with Gasteiger partial charge in [0, 0.05) is 12.1 Å². The molecule has 3 aromatic heterocycles. The normalized spacial score (nSPS) is 11.3. The second-order valence-electron chi connectivity index (χ2n) is 5.04. The van der Waals surface area contributed by atoms with Crippen LogP contribution in [0.25, 0.3) is 33.2 Å². The molecule has 110 valence electrons. The van der Waals surface area contributed by atoms with Gasteiger partial charge in [-0.3, -0.25) is 0 Å². The predicted octanol–water partition coefficient (Wildman–Crippen LogP) is 4.22. The summed E-state index contributed by atoms with van der Waals surface area (Å²) >= 11 is 1.58. The average molecular weight is 310 g/mol. The quantitative estimate of drug-likeness (QED) is 0.566. The largest absolute Gasteiger partial charge is 0.333 e. The summed E-state index contributed by atoms with van der Waals surface area (Å²) in [5.41, 5.74) is 3.00. The molecule has 0 bridgehead atoms. The lowest BCUT2D eigenvalue weighted by molar-refractivity contribution is 0.433. The van der Waals surface area contributed by atoms with Gasteiger partial charge in [0.15, 0.2) is 0 Å². The van der Waals surface area contributed by atoms with Crippen LogP contribution >= 0.6 is 11.3 Å². The van der Waals surface area contributed by atoms with Gasteiger partial charge in [0.25, 0.3) is 5.89 Å². The van der Waals surface area contributed by atoms with E-state index in [2.05, 4.69) is 32.7 Å². The lowest BCUT2D eigenvalue weighted by Crippen LogP contribution is -1.93. The summed E-state index contributed by atoms with van der Waals surface area (Å²) in [6.07, 6.45) is 2.97. The van der Waals surface area contributed by atoms with Crippen molar-refractivity contribution in [2.75, 3.05) is 0 Å². The van der Waals surface area contributed by atoms with Crippen LogP contribution in [0.4, 0.5) is 0 Å². The van der Waals surface area contributed by atoms with E-state index >= 15 is 0 Å². The molecule has 22 heavy (non-hydrogen) atoms. The standard InChI is InChI=1S/C16H14N4OS/c1-2-7-20-10-17-12-9-11(5-6-13(12)20)15-18-16(21-19-15)14-4-3-8-22-14/h3-6,8-10H,2,7H2,1H3. The monoisotopic (exact) mass is 310 g/mol. The number of thiophene rings is 1. The maximum atomic E-state index is 5.34. The van der Waals surface area contributed by atoms with Crippen LogP contribution in [-0.2, 0) is 6.54 Å². The van der Waals surface area contributed by atoms with Crippen LogP contribution < -0.4 is 0 Å². The zero-order valence-corrected chi connectivity index (χ0v) is 12.9. The number of hydrogen-bond donors (Lipinski definition) is 0. The van der Waals surface area contributed by atoms with Crippen LogP contribution in [0.5, 0.6) is 0 Å². The fraction of sp³-hybridized carbons (Fsp3) is 0.188. The van der Waals surface area contributed by atoms with Gasteiger partial charge in [-0.2, -0.15) is 4.98 Å². The molecule has 0 unspecified atom stereocenters. The Bertz CT molecular complexity index is 907. The summed E-state index contributed by atoms with van der Waals surface area (Å²) in [4.78, 5) is 9.91. The van der Waals surface area contributed by atoms with E-state index < -0.39 is 0 Å². The molecule has 4 aromatic rings. The van der Waals surface area contributed by atoms with Crippen molar-refractivity contribution in [2.45, 2.75) is 19.9 Å². The number of aryl methyl sites for hydroxylation is 1. The molecule has 0 atom stereocenters. The molecule has 0 aliphatic rings. The van der Waals surface area contributed by atoms with Gasteiger partial charge in [0.05, 0.1) is 22.2 Å². The van der Waals surface area contributed by atoms with Gasteiger partial charge >= 0.3 is 0 Å². The van der Waals surface area contributed by atoms with Crippen LogP contribution in [0.15, 0.2) is 46.6 Å². The Balaban J connectivity index is 1.72. The number of imidazole rings is 1. The molecule has 3 heterocycles. The second-order valence-corrected chi connectivity index (χ2v) is 5.99. The molecule has 0 radical (unpaired) electrons. The first-order valence-corrected chi connectivity index (χ1v) is 8.06. The van der Waals surface area contributed by atoms with E-state index in [-0.39, 0.29) is 0 Å². The summed E-state index contributed by atoms with van der Waals surface area (Å²) < 4.78 is 7.50. The topological polar surface area (TPSA) is 56.7 Å². The first kappa shape index (κ1) is 13.2. The Kier molecular flexibility index (Phi) is 3.23. The van der Waals surface area contributed by atoms with Gasteiger partial charge in [0.1, 0.15) is 0 Å². The molecule has 0 amide bonds. The third-order valence-corrected chi connectivity index (χ3v) is 4.36. The smallest absolute Gasteiger partial charge is 0.268 e. The highest BCUT2D eigenvalue weighted by molar-refractivity contribution is 7.13. The zero-order chi connectivity index (χ0) is 14.9. The van der Waals surface area contributed by atoms with Crippen molar-refractivity contribution >= 4 is 22.4 Å². The van der Waals surface area contributed by atoms with Gasteiger partial charge in [-0.05, 0) is 36.1 Å². The molecule has 0 N–H and O–H groups in total. The van der Waals surface area contributed by atoms with E-state index in [4.69, 9.17) is 4.52 Å². The summed E-state index contributed by atoms with van der Waals surface area (Å²) in [5, 5.41) is 6.07. The highest BCUT2D eigenvalue weighted by Crippen LogP contribution is 2.27. The Morgan fingerprint density at radius 2 is 2.23 bits per heavy atom. The van der Waals surface area contributed by atoms with E-state index in [9.17, 15) is 0 Å². The molecule has 4 rings (SSSR count). The lowest BCUT2D eigenvalue weighted by atomic mass is 10.2. The number of nitrogens with zero attached hydrogens (tertiary/aromatic N) is 4. The van der Waals surface area contributed by atoms with Gasteiger partial charge in [-0.25, -0.2) is 4.98 Å². The van der Waals surface area contributed by atoms with Crippen LogP contribution in [-0.4, -0.2) is 19.7 Å². The van der Waals surface area contributed by atoms with E-state index in [1.165, 1.54) is 0 Å². The average Bonchev–Trinajstić information content (AvgIpc) is 3.27. The first-order chi connectivity index (χ1) is 10.8. The van der Waals surface area contributed by atoms with E-state index in [0.29, 0.717) is 11.7 Å². The predicted molar refractivity (Wildman–Crippen MR) is 86.6 cm³/mol. The molecule has 0 spiro atoms. The molecular formula is C16H14N4OS. The molecule has 0 aliphatic heterocycles. The molecule has 5 nitrogen and oxygen atoms in total. The molecule has 1 aromatic carbocycles. The summed E-state index contributed by atoms with van der Waals surface area (Å²) in [6.45, 7) is 3.13. The Labute approximate surface area is 131 Å². The van der Waals surface area contributed by atoms with Crippen LogP contribution in [0.2, 0.25) is 0 Å². The number of aromatic nitrogens is 4. The fourth-order valence-corrected chi connectivity index (χ4v) is 3.11. The maximum Gasteiger partial charge on any atom is 0.268 e. The van der Waals surface area contributed by atoms with Gasteiger partial charge in [-0.15, -0.1) is 11.3 Å². The molecule has 0 saturated heterocycles. The minimum absolute atomic E-state index is 0.557. The molecular weight excluding hydrogens is 296 g/mol. The van der Waals surface area contributed by atoms with Crippen molar-refractivity contribution in [2.24, 2.45) is 0 Å². The third-order valence-electron chi connectivity index (χ3n) is 3.50. The van der Waals surface area contributed by atoms with Crippen LogP contribution in [0.1, 0.15) is 13.3 Å². The van der Waals surface area contributed by atoms with E-state index in [0.717, 1.165) is 34.4 Å². The van der Waals surface area contributed by atoms with Crippen molar-refractivity contribution in [3.05, 3.63) is 42.0 Å². The molecule has 6 heteroatoms. The SMILES string of the molecule is CCCn1cnc2cc(-c3noc(-c4cccs4)n3)ccc21. The van der Waals surface area contributed by atoms with E-state index in [1.54, 1.807) is 11.3 Å². The number of benzene rings is 1. The highest BCUT2D eigenvalue weighted by atomic mass is 32.1. The number of hydrogen-bond acceptors (Lipinski definition) is 5. The van der Waals surface area contributed by atoms with Crippen molar-refractivity contribution < 1.29 is 4.52 Å².